The lowest BCUT2D eigenvalue weighted by atomic mass is 10.1. The molecule has 90 valence electrons. The molecule has 0 amide bonds. The summed E-state index contributed by atoms with van der Waals surface area (Å²) in [5.41, 5.74) is 0.880. The van der Waals surface area contributed by atoms with Gasteiger partial charge in [0.1, 0.15) is 11.9 Å². The summed E-state index contributed by atoms with van der Waals surface area (Å²) in [4.78, 5) is 0. The zero-order valence-corrected chi connectivity index (χ0v) is 12.6. The van der Waals surface area contributed by atoms with Crippen molar-refractivity contribution in [3.63, 3.8) is 0 Å². The van der Waals surface area contributed by atoms with Crippen molar-refractivity contribution in [3.05, 3.63) is 55.8 Å². The Balaban J connectivity index is 2.19. The molecule has 0 spiro atoms. The molecule has 0 radical (unpaired) electrons. The first kappa shape index (κ1) is 13.1. The van der Waals surface area contributed by atoms with Gasteiger partial charge in [-0.15, -0.1) is 0 Å². The van der Waals surface area contributed by atoms with E-state index in [0.29, 0.717) is 17.2 Å². The van der Waals surface area contributed by atoms with Crippen LogP contribution in [0.3, 0.4) is 0 Å². The summed E-state index contributed by atoms with van der Waals surface area (Å²) in [7, 11) is 0. The number of hydrogen-bond acceptors (Lipinski definition) is 2. The van der Waals surface area contributed by atoms with Crippen LogP contribution in [0.25, 0.3) is 0 Å². The maximum absolute atomic E-state index is 10.0. The summed E-state index contributed by atoms with van der Waals surface area (Å²) in [5.74, 6) is 0.518. The third kappa shape index (κ3) is 3.13. The van der Waals surface area contributed by atoms with Crippen LogP contribution in [0.5, 0.6) is 0 Å². The molecule has 5 heteroatoms. The molecule has 2 rings (SSSR count). The summed E-state index contributed by atoms with van der Waals surface area (Å²) in [5, 5.41) is 10.7. The highest BCUT2D eigenvalue weighted by Crippen LogP contribution is 2.30. The van der Waals surface area contributed by atoms with Gasteiger partial charge in [0.2, 0.25) is 0 Å². The molecule has 0 fully saturated rings. The highest BCUT2D eigenvalue weighted by atomic mass is 79.9. The van der Waals surface area contributed by atoms with Crippen LogP contribution in [0.2, 0.25) is 5.02 Å². The Labute approximate surface area is 121 Å². The summed E-state index contributed by atoms with van der Waals surface area (Å²) in [6, 6.07) is 7.33. The highest BCUT2D eigenvalue weighted by Gasteiger charge is 2.16. The number of aliphatic hydroxyl groups excluding tert-OH is 1. The topological polar surface area (TPSA) is 33.4 Å². The van der Waals surface area contributed by atoms with Crippen molar-refractivity contribution < 1.29 is 9.52 Å². The minimum Gasteiger partial charge on any atom is -0.465 e. The molecule has 0 saturated carbocycles. The van der Waals surface area contributed by atoms with Gasteiger partial charge < -0.3 is 9.52 Å². The maximum atomic E-state index is 10.0. The van der Waals surface area contributed by atoms with Crippen molar-refractivity contribution in [2.45, 2.75) is 12.5 Å². The Morgan fingerprint density at radius 2 is 2.06 bits per heavy atom. The van der Waals surface area contributed by atoms with Gasteiger partial charge in [0, 0.05) is 15.9 Å². The SMILES string of the molecule is OC(Cc1ccc(Br)cc1Cl)c1occc1Br. The van der Waals surface area contributed by atoms with Crippen molar-refractivity contribution >= 4 is 43.5 Å². The Morgan fingerprint density at radius 1 is 1.29 bits per heavy atom. The lowest BCUT2D eigenvalue weighted by Gasteiger charge is -2.10. The van der Waals surface area contributed by atoms with E-state index in [1.807, 2.05) is 12.1 Å². The summed E-state index contributed by atoms with van der Waals surface area (Å²) < 4.78 is 6.89. The molecule has 0 aliphatic carbocycles. The number of benzene rings is 1. The minimum absolute atomic E-state index is 0.415. The molecular formula is C12H9Br2ClO2. The second-order valence-corrected chi connectivity index (χ2v) is 5.77. The Kier molecular flexibility index (Phi) is 4.31. The van der Waals surface area contributed by atoms with E-state index in [2.05, 4.69) is 31.9 Å². The van der Waals surface area contributed by atoms with Gasteiger partial charge in [0.15, 0.2) is 0 Å². The van der Waals surface area contributed by atoms with Gasteiger partial charge in [0.25, 0.3) is 0 Å². The number of rotatable bonds is 3. The molecule has 1 aromatic heterocycles. The van der Waals surface area contributed by atoms with Crippen LogP contribution in [0.1, 0.15) is 17.4 Å². The van der Waals surface area contributed by atoms with Crippen molar-refractivity contribution in [1.82, 2.24) is 0 Å². The van der Waals surface area contributed by atoms with E-state index in [1.165, 1.54) is 6.26 Å². The van der Waals surface area contributed by atoms with E-state index in [1.54, 1.807) is 12.1 Å². The first-order valence-electron chi connectivity index (χ1n) is 4.93. The monoisotopic (exact) mass is 378 g/mol. The fourth-order valence-electron chi connectivity index (χ4n) is 1.53. The average molecular weight is 380 g/mol. The van der Waals surface area contributed by atoms with Crippen LogP contribution >= 0.6 is 43.5 Å². The normalized spacial score (nSPS) is 12.7. The summed E-state index contributed by atoms with van der Waals surface area (Å²) in [6.07, 6.45) is 1.24. The quantitative estimate of drug-likeness (QED) is 0.835. The second-order valence-electron chi connectivity index (χ2n) is 3.59. The van der Waals surface area contributed by atoms with E-state index < -0.39 is 6.10 Å². The molecule has 1 atom stereocenters. The summed E-state index contributed by atoms with van der Waals surface area (Å²) >= 11 is 12.7. The van der Waals surface area contributed by atoms with E-state index in [-0.39, 0.29) is 0 Å². The maximum Gasteiger partial charge on any atom is 0.146 e. The standard InChI is InChI=1S/C12H9Br2ClO2/c13-8-2-1-7(10(15)6-8)5-11(16)12-9(14)3-4-17-12/h1-4,6,11,16H,5H2. The van der Waals surface area contributed by atoms with E-state index in [4.69, 9.17) is 16.0 Å². The van der Waals surface area contributed by atoms with E-state index >= 15 is 0 Å². The van der Waals surface area contributed by atoms with Crippen molar-refractivity contribution in [2.75, 3.05) is 0 Å². The Hall–Kier alpha value is -0.290. The highest BCUT2D eigenvalue weighted by molar-refractivity contribution is 9.10. The van der Waals surface area contributed by atoms with Crippen LogP contribution in [0.15, 0.2) is 43.9 Å². The van der Waals surface area contributed by atoms with Crippen LogP contribution < -0.4 is 0 Å². The minimum atomic E-state index is -0.710. The lowest BCUT2D eigenvalue weighted by molar-refractivity contribution is 0.149. The predicted octanol–water partition coefficient (Wildman–Crippen LogP) is 4.73. The number of furan rings is 1. The molecule has 0 bridgehead atoms. The Bertz CT molecular complexity index is 525. The fraction of sp³-hybridized carbons (Fsp3) is 0.167. The van der Waals surface area contributed by atoms with Gasteiger partial charge in [-0.3, -0.25) is 0 Å². The smallest absolute Gasteiger partial charge is 0.146 e. The van der Waals surface area contributed by atoms with Crippen LogP contribution in [0, 0.1) is 0 Å². The zero-order chi connectivity index (χ0) is 12.4. The van der Waals surface area contributed by atoms with Crippen molar-refractivity contribution in [2.24, 2.45) is 0 Å². The van der Waals surface area contributed by atoms with E-state index in [0.717, 1.165) is 14.5 Å². The molecule has 1 unspecified atom stereocenters. The van der Waals surface area contributed by atoms with Gasteiger partial charge in [-0.1, -0.05) is 33.6 Å². The molecule has 0 aliphatic rings. The van der Waals surface area contributed by atoms with Gasteiger partial charge >= 0.3 is 0 Å². The molecular weight excluding hydrogens is 371 g/mol. The Morgan fingerprint density at radius 3 is 2.65 bits per heavy atom. The van der Waals surface area contributed by atoms with E-state index in [9.17, 15) is 5.11 Å². The second kappa shape index (κ2) is 5.57. The fourth-order valence-corrected chi connectivity index (χ4v) is 2.75. The van der Waals surface area contributed by atoms with Gasteiger partial charge in [0.05, 0.1) is 10.7 Å². The largest absolute Gasteiger partial charge is 0.465 e. The third-order valence-corrected chi connectivity index (χ3v) is 3.88. The lowest BCUT2D eigenvalue weighted by Crippen LogP contribution is -2.01. The molecule has 1 N–H and O–H groups in total. The molecule has 2 aromatic rings. The average Bonchev–Trinajstić information content (AvgIpc) is 2.68. The molecule has 0 saturated heterocycles. The van der Waals surface area contributed by atoms with Crippen molar-refractivity contribution in [3.8, 4) is 0 Å². The first-order valence-corrected chi connectivity index (χ1v) is 6.89. The number of aliphatic hydroxyl groups is 1. The van der Waals surface area contributed by atoms with Gasteiger partial charge in [-0.05, 0) is 39.7 Å². The molecule has 1 aromatic carbocycles. The number of hydrogen-bond donors (Lipinski definition) is 1. The summed E-state index contributed by atoms with van der Waals surface area (Å²) in [6.45, 7) is 0. The van der Waals surface area contributed by atoms with Gasteiger partial charge in [-0.25, -0.2) is 0 Å². The number of halogens is 3. The van der Waals surface area contributed by atoms with Crippen LogP contribution in [-0.2, 0) is 6.42 Å². The van der Waals surface area contributed by atoms with Crippen LogP contribution in [0.4, 0.5) is 0 Å². The third-order valence-electron chi connectivity index (χ3n) is 2.38. The first-order chi connectivity index (χ1) is 8.08. The molecule has 2 nitrogen and oxygen atoms in total. The van der Waals surface area contributed by atoms with Crippen LogP contribution in [-0.4, -0.2) is 5.11 Å². The molecule has 0 aliphatic heterocycles. The van der Waals surface area contributed by atoms with Gasteiger partial charge in [-0.2, -0.15) is 0 Å². The zero-order valence-electron chi connectivity index (χ0n) is 8.66. The molecule has 17 heavy (non-hydrogen) atoms. The van der Waals surface area contributed by atoms with Crippen molar-refractivity contribution in [1.29, 1.82) is 0 Å². The molecule has 1 heterocycles. The predicted molar refractivity (Wildman–Crippen MR) is 74.2 cm³/mol.